The Kier molecular flexibility index (Phi) is 8.73. The average Bonchev–Trinajstić information content (AvgIpc) is 3.16. The first-order valence-corrected chi connectivity index (χ1v) is 8.53. The fourth-order valence-electron chi connectivity index (χ4n) is 2.03. The van der Waals surface area contributed by atoms with Gasteiger partial charge in [-0.1, -0.05) is 0 Å². The second kappa shape index (κ2) is 10.0. The molecule has 0 fully saturated rings. The number of thiazole rings is 1. The fourth-order valence-corrected chi connectivity index (χ4v) is 2.83. The summed E-state index contributed by atoms with van der Waals surface area (Å²) in [4.78, 5) is 14.1. The number of aromatic nitrogens is 4. The van der Waals surface area contributed by atoms with Gasteiger partial charge in [0.05, 0.1) is 11.6 Å². The summed E-state index contributed by atoms with van der Waals surface area (Å²) in [7, 11) is 3.67. The Bertz CT molecular complexity index is 713. The van der Waals surface area contributed by atoms with Crippen LogP contribution in [0.15, 0.2) is 16.7 Å². The van der Waals surface area contributed by atoms with Gasteiger partial charge in [0, 0.05) is 39.0 Å². The van der Waals surface area contributed by atoms with E-state index < -0.39 is 11.9 Å². The number of aliphatic imine (C=N–C) groups is 1. The number of halogens is 4. The van der Waals surface area contributed by atoms with Gasteiger partial charge in [0.15, 0.2) is 11.7 Å². The van der Waals surface area contributed by atoms with Crippen molar-refractivity contribution < 1.29 is 13.2 Å². The molecule has 7 nitrogen and oxygen atoms in total. The lowest BCUT2D eigenvalue weighted by Crippen LogP contribution is -2.39. The highest BCUT2D eigenvalue weighted by atomic mass is 127. The summed E-state index contributed by atoms with van der Waals surface area (Å²) in [5, 5.41) is 8.62. The number of hydrogen-bond acceptors (Lipinski definition) is 5. The summed E-state index contributed by atoms with van der Waals surface area (Å²) in [6.07, 6.45) is -2.56. The molecule has 26 heavy (non-hydrogen) atoms. The molecule has 0 saturated carbocycles. The van der Waals surface area contributed by atoms with Crippen LogP contribution in [0.25, 0.3) is 0 Å². The van der Waals surface area contributed by atoms with E-state index >= 15 is 0 Å². The van der Waals surface area contributed by atoms with Crippen molar-refractivity contribution in [3.05, 3.63) is 28.2 Å². The Balaban J connectivity index is 0.00000338. The predicted octanol–water partition coefficient (Wildman–Crippen LogP) is 2.55. The molecule has 0 bridgehead atoms. The lowest BCUT2D eigenvalue weighted by molar-refractivity contribution is -0.140. The van der Waals surface area contributed by atoms with Gasteiger partial charge in [0.1, 0.15) is 12.2 Å². The van der Waals surface area contributed by atoms with Gasteiger partial charge < -0.3 is 10.2 Å². The van der Waals surface area contributed by atoms with Gasteiger partial charge in [-0.3, -0.25) is 9.67 Å². The summed E-state index contributed by atoms with van der Waals surface area (Å²) in [5.41, 5.74) is -0.845. The average molecular weight is 503 g/mol. The maximum absolute atomic E-state index is 12.6. The molecule has 0 radical (unpaired) electrons. The van der Waals surface area contributed by atoms with E-state index in [4.69, 9.17) is 0 Å². The van der Waals surface area contributed by atoms with E-state index in [1.807, 2.05) is 18.9 Å². The fraction of sp³-hybridized carbons (Fsp3) is 0.571. The molecule has 0 aliphatic carbocycles. The van der Waals surface area contributed by atoms with E-state index in [0.717, 1.165) is 22.5 Å². The first-order valence-electron chi connectivity index (χ1n) is 7.65. The molecule has 0 aromatic carbocycles. The largest absolute Gasteiger partial charge is 0.434 e. The van der Waals surface area contributed by atoms with E-state index in [0.29, 0.717) is 37.0 Å². The lowest BCUT2D eigenvalue weighted by atomic mass is 10.4. The van der Waals surface area contributed by atoms with Crippen LogP contribution in [0.1, 0.15) is 23.4 Å². The zero-order valence-electron chi connectivity index (χ0n) is 14.6. The van der Waals surface area contributed by atoms with Gasteiger partial charge in [-0.25, -0.2) is 9.97 Å². The van der Waals surface area contributed by atoms with Gasteiger partial charge in [-0.05, 0) is 6.92 Å². The van der Waals surface area contributed by atoms with E-state index in [-0.39, 0.29) is 24.0 Å². The Labute approximate surface area is 170 Å². The van der Waals surface area contributed by atoms with Crippen molar-refractivity contribution in [3.8, 4) is 0 Å². The molecule has 2 aromatic rings. The summed E-state index contributed by atoms with van der Waals surface area (Å²) in [6, 6.07) is 0. The Hall–Kier alpha value is -1.44. The van der Waals surface area contributed by atoms with Crippen LogP contribution in [0.4, 0.5) is 13.2 Å². The molecule has 0 aliphatic rings. The number of rotatable bonds is 6. The normalized spacial score (nSPS) is 12.0. The summed E-state index contributed by atoms with van der Waals surface area (Å²) < 4.78 is 39.3. The molecule has 12 heteroatoms. The summed E-state index contributed by atoms with van der Waals surface area (Å²) in [6.45, 7) is 3.48. The molecule has 2 aromatic heterocycles. The van der Waals surface area contributed by atoms with Crippen molar-refractivity contribution in [3.63, 3.8) is 0 Å². The van der Waals surface area contributed by atoms with Crippen LogP contribution in [-0.4, -0.2) is 50.7 Å². The zero-order valence-corrected chi connectivity index (χ0v) is 17.8. The highest BCUT2D eigenvalue weighted by Crippen LogP contribution is 2.30. The molecule has 1 N–H and O–H groups in total. The van der Waals surface area contributed by atoms with Crippen LogP contribution >= 0.6 is 35.3 Å². The first kappa shape index (κ1) is 22.6. The van der Waals surface area contributed by atoms with Crippen LogP contribution in [0.3, 0.4) is 0 Å². The number of hydrogen-bond donors (Lipinski definition) is 1. The molecule has 0 unspecified atom stereocenters. The lowest BCUT2D eigenvalue weighted by Gasteiger charge is -2.21. The standard InChI is InChI=1S/C14H20F3N7S.HI/c1-4-18-13(23(2)7-11-20-9-21-24(11)3)19-6-5-12-22-10(8-25-12)14(15,16)17;/h8-9H,4-7H2,1-3H3,(H,18,19);1H. The molecule has 0 aliphatic heterocycles. The van der Waals surface area contributed by atoms with Gasteiger partial charge in [0.2, 0.25) is 0 Å². The number of aryl methyl sites for hydroxylation is 1. The van der Waals surface area contributed by atoms with E-state index in [9.17, 15) is 13.2 Å². The number of nitrogens with zero attached hydrogens (tertiary/aromatic N) is 6. The SMILES string of the molecule is CCNC(=NCCc1nc(C(F)(F)F)cs1)N(C)Cc1ncnn1C.I. The van der Waals surface area contributed by atoms with Crippen LogP contribution in [0.2, 0.25) is 0 Å². The maximum atomic E-state index is 12.6. The van der Waals surface area contributed by atoms with Crippen molar-refractivity contribution >= 4 is 41.3 Å². The molecule has 0 amide bonds. The molecule has 0 spiro atoms. The van der Waals surface area contributed by atoms with Crippen molar-refractivity contribution in [1.82, 2.24) is 30.0 Å². The molecule has 0 saturated heterocycles. The summed E-state index contributed by atoms with van der Waals surface area (Å²) >= 11 is 1.000. The second-order valence-electron chi connectivity index (χ2n) is 5.27. The predicted molar refractivity (Wildman–Crippen MR) is 105 cm³/mol. The monoisotopic (exact) mass is 503 g/mol. The van der Waals surface area contributed by atoms with Gasteiger partial charge in [0.25, 0.3) is 0 Å². The van der Waals surface area contributed by atoms with Crippen molar-refractivity contribution in [2.45, 2.75) is 26.1 Å². The highest BCUT2D eigenvalue weighted by molar-refractivity contribution is 14.0. The maximum Gasteiger partial charge on any atom is 0.434 e. The zero-order chi connectivity index (χ0) is 18.4. The van der Waals surface area contributed by atoms with Crippen LogP contribution < -0.4 is 5.32 Å². The minimum absolute atomic E-state index is 0. The third-order valence-electron chi connectivity index (χ3n) is 3.31. The Morgan fingerprint density at radius 2 is 2.15 bits per heavy atom. The van der Waals surface area contributed by atoms with Crippen LogP contribution in [0, 0.1) is 0 Å². The number of guanidine groups is 1. The molecular formula is C14H21F3IN7S. The second-order valence-corrected chi connectivity index (χ2v) is 6.21. The smallest absolute Gasteiger partial charge is 0.357 e. The van der Waals surface area contributed by atoms with E-state index in [1.54, 1.807) is 11.7 Å². The summed E-state index contributed by atoms with van der Waals surface area (Å²) in [5.74, 6) is 1.43. The van der Waals surface area contributed by atoms with Gasteiger partial charge >= 0.3 is 6.18 Å². The van der Waals surface area contributed by atoms with Gasteiger partial charge in [-0.15, -0.1) is 35.3 Å². The molecule has 0 atom stereocenters. The van der Waals surface area contributed by atoms with E-state index in [2.05, 4.69) is 25.4 Å². The van der Waals surface area contributed by atoms with Crippen LogP contribution in [0.5, 0.6) is 0 Å². The number of alkyl halides is 3. The van der Waals surface area contributed by atoms with Crippen molar-refractivity contribution in [2.24, 2.45) is 12.0 Å². The molecular weight excluding hydrogens is 482 g/mol. The van der Waals surface area contributed by atoms with Gasteiger partial charge in [-0.2, -0.15) is 18.3 Å². The molecule has 2 heterocycles. The topological polar surface area (TPSA) is 71.2 Å². The third-order valence-corrected chi connectivity index (χ3v) is 4.22. The Morgan fingerprint density at radius 1 is 1.42 bits per heavy atom. The molecule has 146 valence electrons. The Morgan fingerprint density at radius 3 is 2.69 bits per heavy atom. The molecule has 2 rings (SSSR count). The first-order chi connectivity index (χ1) is 11.8. The van der Waals surface area contributed by atoms with Crippen LogP contribution in [-0.2, 0) is 26.2 Å². The van der Waals surface area contributed by atoms with Crippen molar-refractivity contribution in [2.75, 3.05) is 20.1 Å². The highest BCUT2D eigenvalue weighted by Gasteiger charge is 2.33. The minimum Gasteiger partial charge on any atom is -0.357 e. The quantitative estimate of drug-likeness (QED) is 0.373. The third kappa shape index (κ3) is 6.37. The van der Waals surface area contributed by atoms with E-state index in [1.165, 1.54) is 6.33 Å². The van der Waals surface area contributed by atoms with Crippen molar-refractivity contribution in [1.29, 1.82) is 0 Å². The minimum atomic E-state index is -4.40. The number of nitrogens with one attached hydrogen (secondary N) is 1.